The summed E-state index contributed by atoms with van der Waals surface area (Å²) in [5.74, 6) is 0. The number of aromatic nitrogens is 2. The predicted molar refractivity (Wildman–Crippen MR) is 201 cm³/mol. The molecule has 3 heteroatoms. The van der Waals surface area contributed by atoms with Crippen molar-refractivity contribution in [1.29, 1.82) is 0 Å². The summed E-state index contributed by atoms with van der Waals surface area (Å²) in [5.41, 5.74) is 8.06. The third kappa shape index (κ3) is 4.17. The molecule has 0 radical (unpaired) electrons. The number of hydrogen-bond donors (Lipinski definition) is 0. The third-order valence-electron chi connectivity index (χ3n) is 9.41. The summed E-state index contributed by atoms with van der Waals surface area (Å²) < 4.78 is 2.62. The third-order valence-corrected chi connectivity index (χ3v) is 10.6. The number of fused-ring (bicyclic) bond motifs is 9. The summed E-state index contributed by atoms with van der Waals surface area (Å²) in [6.07, 6.45) is 0. The van der Waals surface area contributed by atoms with Crippen LogP contribution in [0.2, 0.25) is 0 Å². The van der Waals surface area contributed by atoms with Gasteiger partial charge in [-0.15, -0.1) is 11.3 Å². The first-order valence-electron chi connectivity index (χ1n) is 15.9. The minimum Gasteiger partial charge on any atom is -0.244 e. The number of hydrogen-bond acceptors (Lipinski definition) is 3. The molecule has 0 unspecified atom stereocenters. The molecule has 0 spiro atoms. The van der Waals surface area contributed by atoms with Crippen LogP contribution in [0.15, 0.2) is 158 Å². The predicted octanol–water partition coefficient (Wildman–Crippen LogP) is 12.5. The minimum absolute atomic E-state index is 0.889. The lowest BCUT2D eigenvalue weighted by atomic mass is 9.92. The Balaban J connectivity index is 1.31. The number of benzene rings is 8. The topological polar surface area (TPSA) is 25.8 Å². The number of thiophene rings is 1. The van der Waals surface area contributed by atoms with Gasteiger partial charge in [-0.3, -0.25) is 0 Å². The largest absolute Gasteiger partial charge is 0.244 e. The van der Waals surface area contributed by atoms with Gasteiger partial charge in [-0.25, -0.2) is 9.97 Å². The average molecular weight is 615 g/mol. The Labute approximate surface area is 275 Å². The van der Waals surface area contributed by atoms with E-state index in [1.54, 1.807) is 0 Å². The zero-order valence-corrected chi connectivity index (χ0v) is 26.1. The fourth-order valence-electron chi connectivity index (χ4n) is 7.16. The van der Waals surface area contributed by atoms with E-state index in [1.807, 2.05) is 23.5 Å². The zero-order valence-electron chi connectivity index (χ0n) is 25.3. The van der Waals surface area contributed by atoms with E-state index in [0.29, 0.717) is 0 Å². The number of nitrogens with zero attached hydrogens (tertiary/aromatic N) is 2. The van der Waals surface area contributed by atoms with Crippen LogP contribution in [0.25, 0.3) is 97.2 Å². The Morgan fingerprint density at radius 2 is 1.04 bits per heavy atom. The molecular formula is C44H26N2S. The normalized spacial score (nSPS) is 11.8. The Morgan fingerprint density at radius 3 is 1.89 bits per heavy atom. The summed E-state index contributed by atoms with van der Waals surface area (Å²) >= 11 is 1.88. The molecule has 10 rings (SSSR count). The van der Waals surface area contributed by atoms with Crippen LogP contribution in [0.3, 0.4) is 0 Å². The van der Waals surface area contributed by atoms with Gasteiger partial charge in [0.2, 0.25) is 0 Å². The van der Waals surface area contributed by atoms with Crippen LogP contribution in [0, 0.1) is 0 Å². The average Bonchev–Trinajstić information content (AvgIpc) is 3.52. The molecule has 8 aromatic carbocycles. The second-order valence-electron chi connectivity index (χ2n) is 12.2. The molecule has 0 bridgehead atoms. The molecule has 0 saturated heterocycles. The zero-order chi connectivity index (χ0) is 30.9. The highest BCUT2D eigenvalue weighted by atomic mass is 32.1. The molecule has 0 N–H and O–H groups in total. The van der Waals surface area contributed by atoms with Crippen molar-refractivity contribution in [2.24, 2.45) is 0 Å². The monoisotopic (exact) mass is 614 g/mol. The highest BCUT2D eigenvalue weighted by Gasteiger charge is 2.19. The van der Waals surface area contributed by atoms with E-state index >= 15 is 0 Å². The van der Waals surface area contributed by atoms with Crippen molar-refractivity contribution < 1.29 is 0 Å². The van der Waals surface area contributed by atoms with E-state index in [0.717, 1.165) is 39.1 Å². The van der Waals surface area contributed by atoms with Crippen LogP contribution in [0.4, 0.5) is 0 Å². The van der Waals surface area contributed by atoms with E-state index in [1.165, 1.54) is 58.1 Å². The fourth-order valence-corrected chi connectivity index (χ4v) is 8.42. The van der Waals surface area contributed by atoms with Crippen molar-refractivity contribution in [3.05, 3.63) is 158 Å². The molecule has 10 aromatic rings. The first kappa shape index (κ1) is 26.3. The Bertz CT molecular complexity index is 2850. The lowest BCUT2D eigenvalue weighted by molar-refractivity contribution is 1.30. The van der Waals surface area contributed by atoms with Gasteiger partial charge in [0.15, 0.2) is 0 Å². The lowest BCUT2D eigenvalue weighted by Crippen LogP contribution is -1.97. The van der Waals surface area contributed by atoms with E-state index in [9.17, 15) is 0 Å². The Morgan fingerprint density at radius 1 is 0.362 bits per heavy atom. The summed E-state index contributed by atoms with van der Waals surface area (Å²) in [5, 5.41) is 10.1. The van der Waals surface area contributed by atoms with Gasteiger partial charge in [0, 0.05) is 31.3 Å². The molecule has 2 nitrogen and oxygen atoms in total. The molecule has 0 atom stereocenters. The van der Waals surface area contributed by atoms with Gasteiger partial charge in [0.1, 0.15) is 0 Å². The van der Waals surface area contributed by atoms with Crippen molar-refractivity contribution >= 4 is 74.9 Å². The smallest absolute Gasteiger partial charge is 0.0979 e. The Kier molecular flexibility index (Phi) is 5.78. The van der Waals surface area contributed by atoms with Crippen LogP contribution >= 0.6 is 11.3 Å². The maximum Gasteiger partial charge on any atom is 0.0979 e. The standard InChI is InChI=1S/C44H26N2S/c1-2-11-27(12-3-1)29-15-10-16-31(23-29)42-43(46-40-20-9-8-19-39(40)45-42)38-24-30-14-5-6-17-32(30)35-25-37-34-22-21-28-13-4-7-18-33(28)44(34)47-41(37)26-36(35)38/h1-26H. The van der Waals surface area contributed by atoms with Crippen molar-refractivity contribution in [2.75, 3.05) is 0 Å². The molecule has 0 fully saturated rings. The number of para-hydroxylation sites is 2. The minimum atomic E-state index is 0.889. The molecule has 0 saturated carbocycles. The van der Waals surface area contributed by atoms with E-state index < -0.39 is 0 Å². The van der Waals surface area contributed by atoms with Crippen molar-refractivity contribution in [1.82, 2.24) is 9.97 Å². The van der Waals surface area contributed by atoms with Crippen molar-refractivity contribution in [3.8, 4) is 33.6 Å². The van der Waals surface area contributed by atoms with Gasteiger partial charge in [-0.1, -0.05) is 121 Å². The molecule has 0 aliphatic rings. The maximum absolute atomic E-state index is 5.39. The lowest BCUT2D eigenvalue weighted by Gasteiger charge is -2.15. The van der Waals surface area contributed by atoms with E-state index in [2.05, 4.69) is 146 Å². The molecule has 0 amide bonds. The van der Waals surface area contributed by atoms with Crippen molar-refractivity contribution in [2.45, 2.75) is 0 Å². The quantitative estimate of drug-likeness (QED) is 0.185. The fraction of sp³-hybridized carbons (Fsp3) is 0. The summed E-state index contributed by atoms with van der Waals surface area (Å²) in [4.78, 5) is 10.7. The van der Waals surface area contributed by atoms with Crippen LogP contribution in [0.1, 0.15) is 0 Å². The molecule has 0 aliphatic heterocycles. The Hall–Kier alpha value is -5.90. The molecule has 47 heavy (non-hydrogen) atoms. The van der Waals surface area contributed by atoms with Gasteiger partial charge in [-0.2, -0.15) is 0 Å². The molecule has 2 heterocycles. The van der Waals surface area contributed by atoms with Gasteiger partial charge in [-0.05, 0) is 79.8 Å². The first-order valence-corrected chi connectivity index (χ1v) is 16.7. The van der Waals surface area contributed by atoms with Crippen LogP contribution < -0.4 is 0 Å². The summed E-state index contributed by atoms with van der Waals surface area (Å²) in [6.45, 7) is 0. The summed E-state index contributed by atoms with van der Waals surface area (Å²) in [6, 6.07) is 56.5. The van der Waals surface area contributed by atoms with Gasteiger partial charge in [0.25, 0.3) is 0 Å². The molecule has 218 valence electrons. The van der Waals surface area contributed by atoms with Crippen LogP contribution in [-0.2, 0) is 0 Å². The number of rotatable bonds is 3. The highest BCUT2D eigenvalue weighted by Crippen LogP contribution is 2.45. The van der Waals surface area contributed by atoms with Crippen LogP contribution in [0.5, 0.6) is 0 Å². The second-order valence-corrected chi connectivity index (χ2v) is 13.2. The maximum atomic E-state index is 5.39. The SMILES string of the molecule is c1ccc(-c2cccc(-c3nc4ccccc4nc3-c3cc4ccccc4c4cc5c(cc34)sc3c4ccccc4ccc53)c2)cc1. The second kappa shape index (κ2) is 10.3. The van der Waals surface area contributed by atoms with Crippen LogP contribution in [-0.4, -0.2) is 9.97 Å². The van der Waals surface area contributed by atoms with E-state index in [4.69, 9.17) is 9.97 Å². The van der Waals surface area contributed by atoms with Gasteiger partial charge in [0.05, 0.1) is 22.4 Å². The summed E-state index contributed by atoms with van der Waals surface area (Å²) in [7, 11) is 0. The van der Waals surface area contributed by atoms with Gasteiger partial charge < -0.3 is 0 Å². The molecule has 2 aromatic heterocycles. The molecule has 0 aliphatic carbocycles. The van der Waals surface area contributed by atoms with Gasteiger partial charge >= 0.3 is 0 Å². The first-order chi connectivity index (χ1) is 23.3. The van der Waals surface area contributed by atoms with Crippen molar-refractivity contribution in [3.63, 3.8) is 0 Å². The van der Waals surface area contributed by atoms with E-state index in [-0.39, 0.29) is 0 Å². The highest BCUT2D eigenvalue weighted by molar-refractivity contribution is 7.26. The molecular weight excluding hydrogens is 589 g/mol.